The summed E-state index contributed by atoms with van der Waals surface area (Å²) in [6.07, 6.45) is 2.12. The molecule has 0 fully saturated rings. The van der Waals surface area contributed by atoms with Gasteiger partial charge in [0.1, 0.15) is 5.76 Å². The Morgan fingerprint density at radius 3 is 2.81 bits per heavy atom. The average Bonchev–Trinajstić information content (AvgIpc) is 3.18. The van der Waals surface area contributed by atoms with E-state index in [-0.39, 0.29) is 6.42 Å². The van der Waals surface area contributed by atoms with Gasteiger partial charge < -0.3 is 18.9 Å². The Morgan fingerprint density at radius 2 is 2.14 bits per heavy atom. The number of carbonyl (C=O) groups is 1. The van der Waals surface area contributed by atoms with Gasteiger partial charge in [-0.3, -0.25) is 0 Å². The van der Waals surface area contributed by atoms with E-state index < -0.39 is 5.97 Å². The lowest BCUT2D eigenvalue weighted by molar-refractivity contribution is -0.305. The lowest BCUT2D eigenvalue weighted by Gasteiger charge is -2.12. The molecular weight excluding hydrogens is 286 g/mol. The first-order chi connectivity index (χ1) is 10.2. The highest BCUT2D eigenvalue weighted by molar-refractivity contribution is 7.13. The molecule has 0 atom stereocenters. The molecule has 5 heteroatoms. The zero-order valence-electron chi connectivity index (χ0n) is 11.3. The molecule has 0 saturated carbocycles. The molecule has 108 valence electrons. The van der Waals surface area contributed by atoms with Crippen LogP contribution < -0.4 is 5.11 Å². The number of carboxylic acids is 1. The van der Waals surface area contributed by atoms with E-state index in [0.717, 1.165) is 22.0 Å². The van der Waals surface area contributed by atoms with Gasteiger partial charge in [0.25, 0.3) is 0 Å². The van der Waals surface area contributed by atoms with Gasteiger partial charge in [-0.05, 0) is 48.6 Å². The fourth-order valence-corrected chi connectivity index (χ4v) is 3.10. The summed E-state index contributed by atoms with van der Waals surface area (Å²) in [5, 5.41) is 12.7. The molecule has 0 N–H and O–H groups in total. The minimum Gasteiger partial charge on any atom is -0.550 e. The zero-order chi connectivity index (χ0) is 14.7. The first kappa shape index (κ1) is 13.7. The number of aryl methyl sites for hydroxylation is 1. The number of carboxylic acid groups (broad SMARTS) is 1. The third-order valence-electron chi connectivity index (χ3n) is 3.32. The molecule has 3 aromatic rings. The average molecular weight is 300 g/mol. The van der Waals surface area contributed by atoms with Crippen LogP contribution in [0.1, 0.15) is 17.9 Å². The van der Waals surface area contributed by atoms with E-state index in [9.17, 15) is 9.90 Å². The number of furan rings is 1. The first-order valence-corrected chi connectivity index (χ1v) is 7.56. The monoisotopic (exact) mass is 300 g/mol. The van der Waals surface area contributed by atoms with Crippen LogP contribution in [0.15, 0.2) is 52.5 Å². The van der Waals surface area contributed by atoms with E-state index in [4.69, 9.17) is 4.42 Å². The van der Waals surface area contributed by atoms with E-state index >= 15 is 0 Å². The van der Waals surface area contributed by atoms with Crippen LogP contribution in [-0.4, -0.2) is 10.5 Å². The molecule has 3 aromatic heterocycles. The molecule has 4 nitrogen and oxygen atoms in total. The summed E-state index contributed by atoms with van der Waals surface area (Å²) in [7, 11) is 0. The van der Waals surface area contributed by atoms with E-state index in [2.05, 4.69) is 10.6 Å². The van der Waals surface area contributed by atoms with Gasteiger partial charge >= 0.3 is 0 Å². The van der Waals surface area contributed by atoms with Gasteiger partial charge in [-0.1, -0.05) is 6.07 Å². The van der Waals surface area contributed by atoms with Crippen LogP contribution in [0.25, 0.3) is 10.6 Å². The smallest absolute Gasteiger partial charge is 0.123 e. The Kier molecular flexibility index (Phi) is 3.92. The van der Waals surface area contributed by atoms with Crippen molar-refractivity contribution in [2.75, 3.05) is 0 Å². The number of thiophene rings is 1. The van der Waals surface area contributed by atoms with Gasteiger partial charge in [0.15, 0.2) is 0 Å². The van der Waals surface area contributed by atoms with Gasteiger partial charge in [-0.15, -0.1) is 11.3 Å². The normalized spacial score (nSPS) is 10.9. The summed E-state index contributed by atoms with van der Waals surface area (Å²) >= 11 is 1.66. The van der Waals surface area contributed by atoms with Crippen molar-refractivity contribution in [3.05, 3.63) is 59.5 Å². The standard InChI is InChI=1S/C16H15NO3S/c18-16(19)8-6-12-5-7-14(15-4-2-10-21-15)17(12)11-13-3-1-9-20-13/h1-5,7,9-10H,6,8,11H2,(H,18,19)/p-1. The van der Waals surface area contributed by atoms with Crippen LogP contribution in [0.2, 0.25) is 0 Å². The Hall–Kier alpha value is -2.27. The van der Waals surface area contributed by atoms with Gasteiger partial charge in [0.05, 0.1) is 23.4 Å². The maximum absolute atomic E-state index is 10.7. The summed E-state index contributed by atoms with van der Waals surface area (Å²) in [5.41, 5.74) is 2.05. The second-order valence-corrected chi connectivity index (χ2v) is 5.67. The lowest BCUT2D eigenvalue weighted by atomic mass is 10.2. The second-order valence-electron chi connectivity index (χ2n) is 4.72. The number of aliphatic carboxylic acids is 1. The summed E-state index contributed by atoms with van der Waals surface area (Å²) in [6, 6.07) is 11.8. The molecule has 0 aliphatic rings. The highest BCUT2D eigenvalue weighted by atomic mass is 32.1. The van der Waals surface area contributed by atoms with Crippen molar-refractivity contribution in [1.29, 1.82) is 0 Å². The fraction of sp³-hybridized carbons (Fsp3) is 0.188. The summed E-state index contributed by atoms with van der Waals surface area (Å²) < 4.78 is 7.52. The van der Waals surface area contributed by atoms with Crippen molar-refractivity contribution < 1.29 is 14.3 Å². The number of nitrogens with zero attached hydrogens (tertiary/aromatic N) is 1. The van der Waals surface area contributed by atoms with Crippen molar-refractivity contribution in [3.63, 3.8) is 0 Å². The number of rotatable bonds is 6. The molecule has 0 aromatic carbocycles. The summed E-state index contributed by atoms with van der Waals surface area (Å²) in [4.78, 5) is 11.9. The highest BCUT2D eigenvalue weighted by Crippen LogP contribution is 2.28. The maximum atomic E-state index is 10.7. The predicted octanol–water partition coefficient (Wildman–Crippen LogP) is 2.54. The Bertz CT molecular complexity index is 711. The molecule has 0 aliphatic carbocycles. The Morgan fingerprint density at radius 1 is 1.24 bits per heavy atom. The van der Waals surface area contributed by atoms with Crippen LogP contribution in [0, 0.1) is 0 Å². The maximum Gasteiger partial charge on any atom is 0.123 e. The van der Waals surface area contributed by atoms with Crippen LogP contribution >= 0.6 is 11.3 Å². The van der Waals surface area contributed by atoms with E-state index in [1.165, 1.54) is 0 Å². The fourth-order valence-electron chi connectivity index (χ4n) is 2.34. The topological polar surface area (TPSA) is 58.2 Å². The molecule has 3 rings (SSSR count). The van der Waals surface area contributed by atoms with Crippen LogP contribution in [0.4, 0.5) is 0 Å². The lowest BCUT2D eigenvalue weighted by Crippen LogP contribution is -2.23. The largest absolute Gasteiger partial charge is 0.550 e. The number of aromatic nitrogens is 1. The minimum atomic E-state index is -1.03. The number of hydrogen-bond donors (Lipinski definition) is 0. The van der Waals surface area contributed by atoms with Crippen LogP contribution in [0.5, 0.6) is 0 Å². The Balaban J connectivity index is 1.94. The molecule has 0 unspecified atom stereocenters. The molecule has 0 aliphatic heterocycles. The zero-order valence-corrected chi connectivity index (χ0v) is 12.1. The van der Waals surface area contributed by atoms with Crippen molar-refractivity contribution in [1.82, 2.24) is 4.57 Å². The highest BCUT2D eigenvalue weighted by Gasteiger charge is 2.12. The summed E-state index contributed by atoms with van der Waals surface area (Å²) in [6.45, 7) is 0.593. The predicted molar refractivity (Wildman–Crippen MR) is 78.9 cm³/mol. The van der Waals surface area contributed by atoms with Crippen LogP contribution in [-0.2, 0) is 17.8 Å². The second kappa shape index (κ2) is 6.01. The van der Waals surface area contributed by atoms with Gasteiger partial charge in [-0.25, -0.2) is 0 Å². The Labute approximate surface area is 126 Å². The SMILES string of the molecule is O=C([O-])CCc1ccc(-c2cccs2)n1Cc1ccco1. The third-order valence-corrected chi connectivity index (χ3v) is 4.22. The quantitative estimate of drug-likeness (QED) is 0.703. The van der Waals surface area contributed by atoms with E-state index in [1.807, 2.05) is 35.7 Å². The molecule has 0 bridgehead atoms. The minimum absolute atomic E-state index is 0.0199. The third kappa shape index (κ3) is 3.08. The first-order valence-electron chi connectivity index (χ1n) is 6.68. The van der Waals surface area contributed by atoms with Gasteiger partial charge in [0, 0.05) is 11.7 Å². The molecule has 3 heterocycles. The van der Waals surface area contributed by atoms with Crippen molar-refractivity contribution >= 4 is 17.3 Å². The van der Waals surface area contributed by atoms with Gasteiger partial charge in [-0.2, -0.15) is 0 Å². The van der Waals surface area contributed by atoms with Gasteiger partial charge in [0.2, 0.25) is 0 Å². The van der Waals surface area contributed by atoms with E-state index in [1.54, 1.807) is 17.6 Å². The summed E-state index contributed by atoms with van der Waals surface area (Å²) in [5.74, 6) is -0.183. The number of carbonyl (C=O) groups excluding carboxylic acids is 1. The van der Waals surface area contributed by atoms with E-state index in [0.29, 0.717) is 13.0 Å². The molecular formula is C16H14NO3S-. The molecule has 0 radical (unpaired) electrons. The molecule has 21 heavy (non-hydrogen) atoms. The molecule has 0 saturated heterocycles. The van der Waals surface area contributed by atoms with Crippen molar-refractivity contribution in [3.8, 4) is 10.6 Å². The molecule has 0 amide bonds. The molecule has 0 spiro atoms. The van der Waals surface area contributed by atoms with Crippen molar-refractivity contribution in [2.45, 2.75) is 19.4 Å². The van der Waals surface area contributed by atoms with Crippen molar-refractivity contribution in [2.24, 2.45) is 0 Å². The number of hydrogen-bond acceptors (Lipinski definition) is 4. The van der Waals surface area contributed by atoms with Crippen LogP contribution in [0.3, 0.4) is 0 Å².